The topological polar surface area (TPSA) is 50.8 Å². The lowest BCUT2D eigenvalue weighted by atomic mass is 9.89. The van der Waals surface area contributed by atoms with Crippen molar-refractivity contribution in [1.82, 2.24) is 10.2 Å². The van der Waals surface area contributed by atoms with E-state index in [0.29, 0.717) is 12.6 Å². The van der Waals surface area contributed by atoms with Crippen LogP contribution in [0.1, 0.15) is 32.1 Å². The van der Waals surface area contributed by atoms with E-state index in [2.05, 4.69) is 10.2 Å². The number of nitrogens with zero attached hydrogens (tertiary/aromatic N) is 1. The van der Waals surface area contributed by atoms with E-state index >= 15 is 0 Å². The summed E-state index contributed by atoms with van der Waals surface area (Å²) in [6.07, 6.45) is 5.89. The molecule has 2 saturated heterocycles. The molecule has 5 nitrogen and oxygen atoms in total. The largest absolute Gasteiger partial charge is 0.380 e. The first-order valence-corrected chi connectivity index (χ1v) is 7.48. The third-order valence-electron chi connectivity index (χ3n) is 4.74. The summed E-state index contributed by atoms with van der Waals surface area (Å²) in [6, 6.07) is 0.240. The third kappa shape index (κ3) is 2.64. The van der Waals surface area contributed by atoms with Gasteiger partial charge in [-0.3, -0.25) is 4.79 Å². The van der Waals surface area contributed by atoms with E-state index in [9.17, 15) is 4.79 Å². The summed E-state index contributed by atoms with van der Waals surface area (Å²) < 4.78 is 11.2. The van der Waals surface area contributed by atoms with E-state index < -0.39 is 0 Å². The quantitative estimate of drug-likeness (QED) is 0.794. The number of fused-ring (bicyclic) bond motifs is 1. The first-order valence-electron chi connectivity index (χ1n) is 7.48. The number of rotatable bonds is 2. The summed E-state index contributed by atoms with van der Waals surface area (Å²) in [5.41, 5.74) is 0. The van der Waals surface area contributed by atoms with Gasteiger partial charge in [0.25, 0.3) is 0 Å². The number of ether oxygens (including phenoxy) is 2. The van der Waals surface area contributed by atoms with Crippen LogP contribution >= 0.6 is 0 Å². The van der Waals surface area contributed by atoms with Crippen LogP contribution in [0.15, 0.2) is 0 Å². The molecule has 1 amide bonds. The Labute approximate surface area is 114 Å². The van der Waals surface area contributed by atoms with Crippen LogP contribution in [0.4, 0.5) is 0 Å². The molecule has 0 radical (unpaired) electrons. The standard InChI is InChI=1S/C14H24N2O3/c1-18-10-8-11(15-9-10)14(17)16-6-7-19-13-5-3-2-4-12(13)16/h10-13,15H,2-9H2,1H3. The maximum atomic E-state index is 12.7. The van der Waals surface area contributed by atoms with Crippen molar-refractivity contribution in [2.24, 2.45) is 0 Å². The van der Waals surface area contributed by atoms with Crippen molar-refractivity contribution in [2.75, 3.05) is 26.8 Å². The molecule has 2 aliphatic heterocycles. The van der Waals surface area contributed by atoms with Gasteiger partial charge in [0.2, 0.25) is 5.91 Å². The van der Waals surface area contributed by atoms with E-state index in [-0.39, 0.29) is 24.2 Å². The molecule has 2 heterocycles. The van der Waals surface area contributed by atoms with Crippen LogP contribution < -0.4 is 5.32 Å². The zero-order valence-corrected chi connectivity index (χ0v) is 11.6. The molecule has 1 N–H and O–H groups in total. The van der Waals surface area contributed by atoms with Gasteiger partial charge in [0.05, 0.1) is 30.9 Å². The monoisotopic (exact) mass is 268 g/mol. The number of hydrogen-bond donors (Lipinski definition) is 1. The van der Waals surface area contributed by atoms with Crippen LogP contribution in [0.5, 0.6) is 0 Å². The van der Waals surface area contributed by atoms with Gasteiger partial charge in [-0.2, -0.15) is 0 Å². The minimum Gasteiger partial charge on any atom is -0.380 e. The molecule has 0 spiro atoms. The smallest absolute Gasteiger partial charge is 0.240 e. The normalized spacial score (nSPS) is 39.1. The lowest BCUT2D eigenvalue weighted by Crippen LogP contribution is -2.58. The average molecular weight is 268 g/mol. The maximum Gasteiger partial charge on any atom is 0.240 e. The van der Waals surface area contributed by atoms with Crippen LogP contribution in [-0.4, -0.2) is 61.9 Å². The Morgan fingerprint density at radius 3 is 3.00 bits per heavy atom. The Morgan fingerprint density at radius 2 is 2.21 bits per heavy atom. The zero-order chi connectivity index (χ0) is 13.2. The highest BCUT2D eigenvalue weighted by Gasteiger charge is 2.40. The second-order valence-electron chi connectivity index (χ2n) is 5.85. The molecule has 0 aromatic rings. The number of hydrogen-bond acceptors (Lipinski definition) is 4. The minimum atomic E-state index is -0.0642. The van der Waals surface area contributed by atoms with Crippen molar-refractivity contribution in [1.29, 1.82) is 0 Å². The van der Waals surface area contributed by atoms with Crippen molar-refractivity contribution in [2.45, 2.75) is 56.4 Å². The Morgan fingerprint density at radius 1 is 1.37 bits per heavy atom. The van der Waals surface area contributed by atoms with Gasteiger partial charge < -0.3 is 19.7 Å². The summed E-state index contributed by atoms with van der Waals surface area (Å²) in [6.45, 7) is 2.22. The van der Waals surface area contributed by atoms with E-state index in [1.807, 2.05) is 0 Å². The van der Waals surface area contributed by atoms with Gasteiger partial charge in [0, 0.05) is 20.2 Å². The van der Waals surface area contributed by atoms with Gasteiger partial charge in [-0.15, -0.1) is 0 Å². The zero-order valence-electron chi connectivity index (χ0n) is 11.6. The molecule has 0 aromatic carbocycles. The number of amides is 1. The SMILES string of the molecule is COC1CNC(C(=O)N2CCOC3CCCCC32)C1. The maximum absolute atomic E-state index is 12.7. The number of methoxy groups -OCH3 is 1. The fourth-order valence-corrected chi connectivity index (χ4v) is 3.64. The molecule has 3 fully saturated rings. The molecule has 108 valence electrons. The number of carbonyl (C=O) groups excluding carboxylic acids is 1. The first kappa shape index (κ1) is 13.3. The summed E-state index contributed by atoms with van der Waals surface area (Å²) in [7, 11) is 1.71. The molecule has 0 aromatic heterocycles. The summed E-state index contributed by atoms with van der Waals surface area (Å²) in [5.74, 6) is 0.250. The molecule has 3 aliphatic rings. The highest BCUT2D eigenvalue weighted by atomic mass is 16.5. The van der Waals surface area contributed by atoms with E-state index in [1.54, 1.807) is 7.11 Å². The van der Waals surface area contributed by atoms with Gasteiger partial charge >= 0.3 is 0 Å². The lowest BCUT2D eigenvalue weighted by molar-refractivity contribution is -0.151. The second-order valence-corrected chi connectivity index (χ2v) is 5.85. The summed E-state index contributed by atoms with van der Waals surface area (Å²) in [5, 5.41) is 3.29. The Hall–Kier alpha value is -0.650. The highest BCUT2D eigenvalue weighted by molar-refractivity contribution is 5.82. The fraction of sp³-hybridized carbons (Fsp3) is 0.929. The average Bonchev–Trinajstić information content (AvgIpc) is 2.95. The second kappa shape index (κ2) is 5.77. The van der Waals surface area contributed by atoms with Crippen LogP contribution in [-0.2, 0) is 14.3 Å². The minimum absolute atomic E-state index is 0.0642. The van der Waals surface area contributed by atoms with Crippen molar-refractivity contribution < 1.29 is 14.3 Å². The van der Waals surface area contributed by atoms with Crippen LogP contribution in [0.2, 0.25) is 0 Å². The van der Waals surface area contributed by atoms with Crippen molar-refractivity contribution in [3.8, 4) is 0 Å². The van der Waals surface area contributed by atoms with Gasteiger partial charge in [-0.05, 0) is 19.3 Å². The summed E-state index contributed by atoms with van der Waals surface area (Å²) >= 11 is 0. The Kier molecular flexibility index (Phi) is 4.05. The van der Waals surface area contributed by atoms with E-state index in [1.165, 1.54) is 12.8 Å². The lowest BCUT2D eigenvalue weighted by Gasteiger charge is -2.44. The molecular formula is C14H24N2O3. The van der Waals surface area contributed by atoms with Gasteiger partial charge in [0.15, 0.2) is 0 Å². The van der Waals surface area contributed by atoms with Gasteiger partial charge in [0.1, 0.15) is 0 Å². The van der Waals surface area contributed by atoms with E-state index in [0.717, 1.165) is 32.4 Å². The van der Waals surface area contributed by atoms with Gasteiger partial charge in [-0.25, -0.2) is 0 Å². The molecule has 4 unspecified atom stereocenters. The first-order chi connectivity index (χ1) is 9.29. The molecular weight excluding hydrogens is 244 g/mol. The van der Waals surface area contributed by atoms with Crippen molar-refractivity contribution in [3.05, 3.63) is 0 Å². The van der Waals surface area contributed by atoms with Crippen molar-refractivity contribution in [3.63, 3.8) is 0 Å². The predicted octanol–water partition coefficient (Wildman–Crippen LogP) is 0.533. The van der Waals surface area contributed by atoms with Crippen LogP contribution in [0, 0.1) is 0 Å². The fourth-order valence-electron chi connectivity index (χ4n) is 3.64. The number of morpholine rings is 1. The number of nitrogens with one attached hydrogen (secondary N) is 1. The molecule has 0 bridgehead atoms. The van der Waals surface area contributed by atoms with Crippen molar-refractivity contribution >= 4 is 5.91 Å². The molecule has 5 heteroatoms. The molecule has 1 aliphatic carbocycles. The Balaban J connectivity index is 1.65. The summed E-state index contributed by atoms with van der Waals surface area (Å²) in [4.78, 5) is 14.7. The van der Waals surface area contributed by atoms with E-state index in [4.69, 9.17) is 9.47 Å². The third-order valence-corrected chi connectivity index (χ3v) is 4.74. The predicted molar refractivity (Wildman–Crippen MR) is 70.9 cm³/mol. The molecule has 1 saturated carbocycles. The Bertz CT molecular complexity index is 335. The molecule has 19 heavy (non-hydrogen) atoms. The van der Waals surface area contributed by atoms with Crippen LogP contribution in [0.3, 0.4) is 0 Å². The van der Waals surface area contributed by atoms with Gasteiger partial charge in [-0.1, -0.05) is 12.8 Å². The van der Waals surface area contributed by atoms with Crippen LogP contribution in [0.25, 0.3) is 0 Å². The highest BCUT2D eigenvalue weighted by Crippen LogP contribution is 2.29. The molecule has 4 atom stereocenters. The number of carbonyl (C=O) groups is 1. The molecule has 3 rings (SSSR count).